The molecule has 0 saturated carbocycles. The summed E-state index contributed by atoms with van der Waals surface area (Å²) in [6.07, 6.45) is 1.11. The fraction of sp³-hybridized carbons (Fsp3) is 1.00. The van der Waals surface area contributed by atoms with Gasteiger partial charge in [0, 0.05) is 11.1 Å². The standard InChI is InChI=1S/C9H24OSSi2/c1-7-8-10-13(5,6)9(11)12(2,3)4/h9,11H,7-8H2,1-6H3/t9-/m0/s1. The molecular formula is C9H24OSSi2. The van der Waals surface area contributed by atoms with Gasteiger partial charge in [0.15, 0.2) is 8.32 Å². The van der Waals surface area contributed by atoms with Crippen LogP contribution in [0.15, 0.2) is 0 Å². The van der Waals surface area contributed by atoms with E-state index in [1.54, 1.807) is 0 Å². The predicted octanol–water partition coefficient (Wildman–Crippen LogP) is 3.33. The summed E-state index contributed by atoms with van der Waals surface area (Å²) in [5.41, 5.74) is 0. The first kappa shape index (κ1) is 13.7. The molecule has 0 aromatic heterocycles. The van der Waals surface area contributed by atoms with Gasteiger partial charge in [0.1, 0.15) is 0 Å². The Morgan fingerprint density at radius 3 is 1.92 bits per heavy atom. The Labute approximate surface area is 90.8 Å². The summed E-state index contributed by atoms with van der Waals surface area (Å²) in [6.45, 7) is 14.8. The maximum atomic E-state index is 5.96. The normalized spacial score (nSPS) is 15.9. The van der Waals surface area contributed by atoms with Gasteiger partial charge in [-0.1, -0.05) is 26.6 Å². The maximum absolute atomic E-state index is 5.96. The van der Waals surface area contributed by atoms with Crippen molar-refractivity contribution in [3.63, 3.8) is 0 Å². The second kappa shape index (κ2) is 5.00. The van der Waals surface area contributed by atoms with E-state index in [2.05, 4.69) is 39.7 Å². The van der Waals surface area contributed by atoms with Gasteiger partial charge in [-0.25, -0.2) is 0 Å². The molecule has 13 heavy (non-hydrogen) atoms. The van der Waals surface area contributed by atoms with Gasteiger partial charge in [0.25, 0.3) is 0 Å². The minimum absolute atomic E-state index is 0.534. The van der Waals surface area contributed by atoms with Crippen LogP contribution in [-0.2, 0) is 4.43 Å². The molecule has 0 radical (unpaired) electrons. The van der Waals surface area contributed by atoms with Gasteiger partial charge in [0.05, 0.1) is 8.07 Å². The lowest BCUT2D eigenvalue weighted by Crippen LogP contribution is -2.54. The molecule has 4 heteroatoms. The largest absolute Gasteiger partial charge is 0.417 e. The number of rotatable bonds is 5. The van der Waals surface area contributed by atoms with Gasteiger partial charge in [-0.15, -0.1) is 0 Å². The molecule has 0 aromatic carbocycles. The Morgan fingerprint density at radius 2 is 1.62 bits per heavy atom. The summed E-state index contributed by atoms with van der Waals surface area (Å²) < 4.78 is 6.50. The number of thiol groups is 1. The molecule has 0 aromatic rings. The molecule has 0 heterocycles. The highest BCUT2D eigenvalue weighted by Crippen LogP contribution is 2.25. The van der Waals surface area contributed by atoms with Gasteiger partial charge < -0.3 is 4.43 Å². The Balaban J connectivity index is 4.27. The van der Waals surface area contributed by atoms with Crippen LogP contribution < -0.4 is 0 Å². The molecule has 0 spiro atoms. The molecule has 0 aliphatic heterocycles. The van der Waals surface area contributed by atoms with E-state index in [4.69, 9.17) is 17.1 Å². The second-order valence-corrected chi connectivity index (χ2v) is 16.7. The average Bonchev–Trinajstić information content (AvgIpc) is 1.98. The molecule has 1 atom stereocenters. The van der Waals surface area contributed by atoms with Crippen LogP contribution in [0.5, 0.6) is 0 Å². The Hall–Kier alpha value is 0.744. The fourth-order valence-electron chi connectivity index (χ4n) is 1.49. The van der Waals surface area contributed by atoms with Crippen molar-refractivity contribution >= 4 is 29.0 Å². The minimum atomic E-state index is -1.54. The van der Waals surface area contributed by atoms with Gasteiger partial charge in [0.2, 0.25) is 0 Å². The predicted molar refractivity (Wildman–Crippen MR) is 69.8 cm³/mol. The van der Waals surface area contributed by atoms with E-state index in [1.165, 1.54) is 0 Å². The Morgan fingerprint density at radius 1 is 1.15 bits per heavy atom. The van der Waals surface area contributed by atoms with Crippen LogP contribution in [0.4, 0.5) is 0 Å². The lowest BCUT2D eigenvalue weighted by Gasteiger charge is -2.36. The molecule has 80 valence electrons. The smallest absolute Gasteiger partial charge is 0.196 e. The third-order valence-electron chi connectivity index (χ3n) is 2.16. The van der Waals surface area contributed by atoms with Gasteiger partial charge in [-0.2, -0.15) is 12.6 Å². The third-order valence-corrected chi connectivity index (χ3v) is 14.9. The van der Waals surface area contributed by atoms with E-state index in [-0.39, 0.29) is 0 Å². The highest BCUT2D eigenvalue weighted by molar-refractivity contribution is 7.85. The van der Waals surface area contributed by atoms with Crippen LogP contribution >= 0.6 is 12.6 Å². The Kier molecular flexibility index (Phi) is 5.29. The first-order valence-electron chi connectivity index (χ1n) is 5.04. The van der Waals surface area contributed by atoms with Crippen LogP contribution in [0.2, 0.25) is 32.7 Å². The maximum Gasteiger partial charge on any atom is 0.196 e. The van der Waals surface area contributed by atoms with E-state index < -0.39 is 16.4 Å². The van der Waals surface area contributed by atoms with E-state index in [0.717, 1.165) is 13.0 Å². The van der Waals surface area contributed by atoms with Crippen molar-refractivity contribution in [2.75, 3.05) is 6.61 Å². The van der Waals surface area contributed by atoms with Crippen molar-refractivity contribution in [3.05, 3.63) is 0 Å². The number of hydrogen-bond acceptors (Lipinski definition) is 2. The zero-order valence-electron chi connectivity index (χ0n) is 9.85. The van der Waals surface area contributed by atoms with Crippen molar-refractivity contribution in [1.29, 1.82) is 0 Å². The molecule has 0 aliphatic carbocycles. The molecule has 1 nitrogen and oxygen atoms in total. The average molecular weight is 237 g/mol. The minimum Gasteiger partial charge on any atom is -0.417 e. The van der Waals surface area contributed by atoms with E-state index >= 15 is 0 Å². The third kappa shape index (κ3) is 4.67. The molecule has 0 amide bonds. The number of hydrogen-bond donors (Lipinski definition) is 1. The van der Waals surface area contributed by atoms with Crippen LogP contribution in [0.1, 0.15) is 13.3 Å². The summed E-state index contributed by atoms with van der Waals surface area (Å²) in [5.74, 6) is 0. The molecular weight excluding hydrogens is 212 g/mol. The van der Waals surface area contributed by atoms with Crippen LogP contribution in [0.3, 0.4) is 0 Å². The van der Waals surface area contributed by atoms with Crippen LogP contribution in [0, 0.1) is 0 Å². The highest BCUT2D eigenvalue weighted by Gasteiger charge is 2.39. The molecule has 0 aliphatic rings. The van der Waals surface area contributed by atoms with Gasteiger partial charge in [-0.3, -0.25) is 0 Å². The molecule has 0 rings (SSSR count). The highest BCUT2D eigenvalue weighted by atomic mass is 32.1. The second-order valence-electron chi connectivity index (χ2n) is 5.22. The van der Waals surface area contributed by atoms with Gasteiger partial charge in [-0.05, 0) is 19.5 Å². The van der Waals surface area contributed by atoms with Gasteiger partial charge >= 0.3 is 0 Å². The van der Waals surface area contributed by atoms with Crippen LogP contribution in [-0.4, -0.2) is 27.5 Å². The SMILES string of the molecule is CCCO[Si](C)(C)[C@@H](S)[Si](C)(C)C. The zero-order chi connectivity index (χ0) is 10.7. The van der Waals surface area contributed by atoms with E-state index in [1.807, 2.05) is 0 Å². The molecule has 0 unspecified atom stereocenters. The summed E-state index contributed by atoms with van der Waals surface area (Å²) >= 11 is 4.76. The Bertz CT molecular complexity index is 154. The monoisotopic (exact) mass is 236 g/mol. The summed E-state index contributed by atoms with van der Waals surface area (Å²) in [4.78, 5) is 0. The molecule has 0 saturated heterocycles. The van der Waals surface area contributed by atoms with Crippen LogP contribution in [0.25, 0.3) is 0 Å². The summed E-state index contributed by atoms with van der Waals surface area (Å²) in [5, 5.41) is 0. The lowest BCUT2D eigenvalue weighted by atomic mass is 10.5. The van der Waals surface area contributed by atoms with Crippen molar-refractivity contribution in [1.82, 2.24) is 0 Å². The molecule has 0 N–H and O–H groups in total. The summed E-state index contributed by atoms with van der Waals surface area (Å²) in [7, 11) is -2.68. The first-order chi connectivity index (χ1) is 5.72. The van der Waals surface area contributed by atoms with Crippen molar-refractivity contribution in [2.24, 2.45) is 0 Å². The molecule has 0 fully saturated rings. The van der Waals surface area contributed by atoms with Crippen molar-refractivity contribution in [2.45, 2.75) is 50.6 Å². The lowest BCUT2D eigenvalue weighted by molar-refractivity contribution is 0.308. The quantitative estimate of drug-likeness (QED) is 0.569. The summed E-state index contributed by atoms with van der Waals surface area (Å²) in [6, 6.07) is 0. The van der Waals surface area contributed by atoms with E-state index in [9.17, 15) is 0 Å². The fourth-order valence-corrected chi connectivity index (χ4v) is 11.2. The zero-order valence-corrected chi connectivity index (χ0v) is 12.7. The topological polar surface area (TPSA) is 9.23 Å². The van der Waals surface area contributed by atoms with E-state index in [0.29, 0.717) is 4.50 Å². The first-order valence-corrected chi connectivity index (χ1v) is 12.1. The van der Waals surface area contributed by atoms with Crippen molar-refractivity contribution < 1.29 is 4.43 Å². The van der Waals surface area contributed by atoms with Crippen molar-refractivity contribution in [3.8, 4) is 0 Å². The molecule has 0 bridgehead atoms.